The highest BCUT2D eigenvalue weighted by molar-refractivity contribution is 6.29. The normalized spacial score (nSPS) is 18.2. The van der Waals surface area contributed by atoms with Gasteiger partial charge >= 0.3 is 0 Å². The molecule has 1 saturated carbocycles. The first-order chi connectivity index (χ1) is 13.3. The predicted octanol–water partition coefficient (Wildman–Crippen LogP) is 3.88. The fourth-order valence-electron chi connectivity index (χ4n) is 3.84. The second kappa shape index (κ2) is 7.06. The molecule has 4 heterocycles. The molecular formula is C21H22ClN5. The average Bonchev–Trinajstić information content (AvgIpc) is 3.52. The lowest BCUT2D eigenvalue weighted by Gasteiger charge is -2.36. The van der Waals surface area contributed by atoms with Gasteiger partial charge in [0.25, 0.3) is 0 Å². The maximum atomic E-state index is 6.10. The predicted molar refractivity (Wildman–Crippen MR) is 109 cm³/mol. The van der Waals surface area contributed by atoms with E-state index in [-0.39, 0.29) is 0 Å². The highest BCUT2D eigenvalue weighted by atomic mass is 35.5. The van der Waals surface area contributed by atoms with Crippen molar-refractivity contribution in [1.29, 1.82) is 0 Å². The Morgan fingerprint density at radius 3 is 2.67 bits per heavy atom. The molecule has 0 atom stereocenters. The molecule has 5 rings (SSSR count). The summed E-state index contributed by atoms with van der Waals surface area (Å²) in [5.41, 5.74) is 1.89. The topological polar surface area (TPSA) is 45.2 Å². The molecule has 2 fully saturated rings. The molecular weight excluding hydrogens is 358 g/mol. The molecule has 0 amide bonds. The smallest absolute Gasteiger partial charge is 0.137 e. The van der Waals surface area contributed by atoms with Crippen LogP contribution < -0.4 is 4.90 Å². The number of halogens is 1. The Morgan fingerprint density at radius 2 is 1.89 bits per heavy atom. The van der Waals surface area contributed by atoms with Gasteiger partial charge in [0.15, 0.2) is 0 Å². The average molecular weight is 380 g/mol. The highest BCUT2D eigenvalue weighted by Crippen LogP contribution is 2.32. The Bertz CT molecular complexity index is 964. The van der Waals surface area contributed by atoms with E-state index in [1.807, 2.05) is 24.5 Å². The van der Waals surface area contributed by atoms with Gasteiger partial charge in [0, 0.05) is 67.7 Å². The van der Waals surface area contributed by atoms with Crippen molar-refractivity contribution in [3.8, 4) is 11.3 Å². The summed E-state index contributed by atoms with van der Waals surface area (Å²) < 4.78 is 0. The number of rotatable bonds is 4. The Balaban J connectivity index is 1.49. The first-order valence-corrected chi connectivity index (χ1v) is 9.98. The summed E-state index contributed by atoms with van der Waals surface area (Å²) in [4.78, 5) is 18.4. The molecule has 138 valence electrons. The van der Waals surface area contributed by atoms with Gasteiger partial charge in [0.2, 0.25) is 0 Å². The Morgan fingerprint density at radius 1 is 1.04 bits per heavy atom. The van der Waals surface area contributed by atoms with Crippen molar-refractivity contribution >= 4 is 28.2 Å². The summed E-state index contributed by atoms with van der Waals surface area (Å²) in [6.45, 7) is 5.50. The molecule has 0 radical (unpaired) electrons. The van der Waals surface area contributed by atoms with Gasteiger partial charge in [-0.05, 0) is 43.0 Å². The summed E-state index contributed by atoms with van der Waals surface area (Å²) in [5, 5.41) is 2.74. The third-order valence-corrected chi connectivity index (χ3v) is 5.73. The molecule has 6 heteroatoms. The minimum absolute atomic E-state index is 0.482. The Kier molecular flexibility index (Phi) is 4.42. The summed E-state index contributed by atoms with van der Waals surface area (Å²) in [6, 6.07) is 7.97. The molecule has 3 aromatic heterocycles. The number of pyridine rings is 3. The van der Waals surface area contributed by atoms with Gasteiger partial charge in [-0.2, -0.15) is 0 Å². The van der Waals surface area contributed by atoms with Crippen molar-refractivity contribution in [1.82, 2.24) is 19.9 Å². The molecule has 0 bridgehead atoms. The molecule has 1 aliphatic carbocycles. The van der Waals surface area contributed by atoms with Gasteiger partial charge in [-0.3, -0.25) is 9.88 Å². The molecule has 0 N–H and O–H groups in total. The third kappa shape index (κ3) is 3.62. The van der Waals surface area contributed by atoms with Crippen molar-refractivity contribution in [3.05, 3.63) is 48.0 Å². The molecule has 0 spiro atoms. The zero-order valence-corrected chi connectivity index (χ0v) is 15.9. The molecule has 1 aliphatic heterocycles. The van der Waals surface area contributed by atoms with E-state index < -0.39 is 0 Å². The van der Waals surface area contributed by atoms with E-state index in [1.54, 1.807) is 6.20 Å². The maximum absolute atomic E-state index is 6.10. The van der Waals surface area contributed by atoms with Crippen LogP contribution in [0.15, 0.2) is 42.9 Å². The lowest BCUT2D eigenvalue weighted by atomic mass is 10.1. The summed E-state index contributed by atoms with van der Waals surface area (Å²) in [7, 11) is 0. The van der Waals surface area contributed by atoms with E-state index in [0.29, 0.717) is 5.15 Å². The number of piperazine rings is 1. The van der Waals surface area contributed by atoms with E-state index in [4.69, 9.17) is 16.6 Å². The number of anilines is 1. The van der Waals surface area contributed by atoms with Crippen molar-refractivity contribution in [3.63, 3.8) is 0 Å². The Hall–Kier alpha value is -2.24. The van der Waals surface area contributed by atoms with E-state index >= 15 is 0 Å². The first kappa shape index (κ1) is 16.9. The SMILES string of the molecule is Clc1cc(-c2cc3cnccc3c(N3CCN(CC4CC4)CC3)n2)ccn1. The summed E-state index contributed by atoms with van der Waals surface area (Å²) >= 11 is 6.10. The van der Waals surface area contributed by atoms with E-state index in [2.05, 4.69) is 31.9 Å². The first-order valence-electron chi connectivity index (χ1n) is 9.60. The van der Waals surface area contributed by atoms with Crippen molar-refractivity contribution < 1.29 is 0 Å². The van der Waals surface area contributed by atoms with E-state index in [0.717, 1.165) is 59.9 Å². The van der Waals surface area contributed by atoms with Crippen molar-refractivity contribution in [2.24, 2.45) is 5.92 Å². The van der Waals surface area contributed by atoms with Crippen LogP contribution >= 0.6 is 11.6 Å². The van der Waals surface area contributed by atoms with Crippen LogP contribution in [0.25, 0.3) is 22.0 Å². The second-order valence-corrected chi connectivity index (χ2v) is 7.91. The van der Waals surface area contributed by atoms with Crippen LogP contribution in [-0.2, 0) is 0 Å². The number of hydrogen-bond donors (Lipinski definition) is 0. The molecule has 27 heavy (non-hydrogen) atoms. The van der Waals surface area contributed by atoms with Gasteiger partial charge in [-0.15, -0.1) is 0 Å². The largest absolute Gasteiger partial charge is 0.354 e. The fourth-order valence-corrected chi connectivity index (χ4v) is 4.01. The van der Waals surface area contributed by atoms with Gasteiger partial charge in [0.05, 0.1) is 5.69 Å². The van der Waals surface area contributed by atoms with Gasteiger partial charge < -0.3 is 4.90 Å². The second-order valence-electron chi connectivity index (χ2n) is 7.53. The number of aromatic nitrogens is 3. The van der Waals surface area contributed by atoms with E-state index in [1.165, 1.54) is 19.4 Å². The summed E-state index contributed by atoms with van der Waals surface area (Å²) in [6.07, 6.45) is 8.31. The zero-order chi connectivity index (χ0) is 18.2. The monoisotopic (exact) mass is 379 g/mol. The van der Waals surface area contributed by atoms with Crippen LogP contribution in [0.3, 0.4) is 0 Å². The van der Waals surface area contributed by atoms with Crippen LogP contribution in [0.5, 0.6) is 0 Å². The fraction of sp³-hybridized carbons (Fsp3) is 0.381. The zero-order valence-electron chi connectivity index (χ0n) is 15.2. The number of fused-ring (bicyclic) bond motifs is 1. The molecule has 5 nitrogen and oxygen atoms in total. The highest BCUT2D eigenvalue weighted by Gasteiger charge is 2.27. The van der Waals surface area contributed by atoms with Gasteiger partial charge in [-0.1, -0.05) is 11.6 Å². The standard InChI is InChI=1S/C21H22ClN5/c22-20-12-16(3-6-24-20)19-11-17-13-23-5-4-18(17)21(25-19)27-9-7-26(8-10-27)14-15-1-2-15/h3-6,11-13,15H,1-2,7-10,14H2. The molecule has 3 aromatic rings. The van der Waals surface area contributed by atoms with Crippen LogP contribution in [0.4, 0.5) is 5.82 Å². The van der Waals surface area contributed by atoms with Gasteiger partial charge in [0.1, 0.15) is 11.0 Å². The van der Waals surface area contributed by atoms with Crippen molar-refractivity contribution in [2.75, 3.05) is 37.6 Å². The van der Waals surface area contributed by atoms with Crippen LogP contribution in [0, 0.1) is 5.92 Å². The third-order valence-electron chi connectivity index (χ3n) is 5.52. The molecule has 2 aliphatic rings. The van der Waals surface area contributed by atoms with Crippen molar-refractivity contribution in [2.45, 2.75) is 12.8 Å². The van der Waals surface area contributed by atoms with Crippen LogP contribution in [-0.4, -0.2) is 52.6 Å². The molecule has 0 unspecified atom stereocenters. The summed E-state index contributed by atoms with van der Waals surface area (Å²) in [5.74, 6) is 1.99. The maximum Gasteiger partial charge on any atom is 0.137 e. The number of nitrogens with zero attached hydrogens (tertiary/aromatic N) is 5. The lowest BCUT2D eigenvalue weighted by molar-refractivity contribution is 0.248. The lowest BCUT2D eigenvalue weighted by Crippen LogP contribution is -2.47. The Labute approximate surface area is 164 Å². The molecule has 0 aromatic carbocycles. The van der Waals surface area contributed by atoms with E-state index in [9.17, 15) is 0 Å². The number of hydrogen-bond acceptors (Lipinski definition) is 5. The molecule has 1 saturated heterocycles. The van der Waals surface area contributed by atoms with Crippen LogP contribution in [0.1, 0.15) is 12.8 Å². The minimum Gasteiger partial charge on any atom is -0.354 e. The minimum atomic E-state index is 0.482. The van der Waals surface area contributed by atoms with Crippen LogP contribution in [0.2, 0.25) is 5.15 Å². The quantitative estimate of drug-likeness (QED) is 0.644. The van der Waals surface area contributed by atoms with Gasteiger partial charge in [-0.25, -0.2) is 9.97 Å².